The highest BCUT2D eigenvalue weighted by molar-refractivity contribution is 6.09. The molecule has 0 atom stereocenters. The Morgan fingerprint density at radius 2 is 2.20 bits per heavy atom. The maximum absolute atomic E-state index is 12.0. The summed E-state index contributed by atoms with van der Waals surface area (Å²) in [6.07, 6.45) is 4.26. The minimum absolute atomic E-state index is 0.0717. The van der Waals surface area contributed by atoms with Gasteiger partial charge < -0.3 is 16.3 Å². The van der Waals surface area contributed by atoms with Gasteiger partial charge in [-0.2, -0.15) is 0 Å². The number of anilines is 1. The van der Waals surface area contributed by atoms with Gasteiger partial charge in [0.2, 0.25) is 0 Å². The summed E-state index contributed by atoms with van der Waals surface area (Å²) in [6, 6.07) is 5.22. The van der Waals surface area contributed by atoms with Crippen molar-refractivity contribution in [2.24, 2.45) is 10.9 Å². The number of hydrogen-bond acceptors (Lipinski definition) is 5. The molecule has 0 aliphatic rings. The van der Waals surface area contributed by atoms with Gasteiger partial charge in [-0.05, 0) is 18.6 Å². The van der Waals surface area contributed by atoms with Gasteiger partial charge in [0.15, 0.2) is 5.84 Å². The van der Waals surface area contributed by atoms with E-state index in [9.17, 15) is 4.79 Å². The van der Waals surface area contributed by atoms with Gasteiger partial charge in [-0.3, -0.25) is 9.78 Å². The van der Waals surface area contributed by atoms with Crippen molar-refractivity contribution < 1.29 is 10.0 Å². The van der Waals surface area contributed by atoms with Crippen LogP contribution in [0.3, 0.4) is 0 Å². The Labute approximate surface area is 115 Å². The highest BCUT2D eigenvalue weighted by atomic mass is 16.4. The molecule has 1 amide bonds. The number of hydrogen-bond donors (Lipinski definition) is 3. The fourth-order valence-electron chi connectivity index (χ4n) is 1.76. The zero-order valence-corrected chi connectivity index (χ0v) is 10.7. The van der Waals surface area contributed by atoms with Crippen LogP contribution in [-0.4, -0.2) is 26.9 Å². The van der Waals surface area contributed by atoms with Gasteiger partial charge in [0.05, 0.1) is 11.9 Å². The molecule has 2 aromatic rings. The van der Waals surface area contributed by atoms with E-state index in [1.165, 1.54) is 18.6 Å². The molecule has 0 saturated heterocycles. The Morgan fingerprint density at radius 1 is 1.40 bits per heavy atom. The van der Waals surface area contributed by atoms with Gasteiger partial charge in [-0.1, -0.05) is 17.3 Å². The molecule has 0 fully saturated rings. The van der Waals surface area contributed by atoms with Crippen LogP contribution in [0.25, 0.3) is 0 Å². The molecule has 0 saturated carbocycles. The minimum atomic E-state index is -0.421. The van der Waals surface area contributed by atoms with Crippen LogP contribution in [-0.2, 0) is 0 Å². The van der Waals surface area contributed by atoms with E-state index in [0.29, 0.717) is 11.3 Å². The van der Waals surface area contributed by atoms with Gasteiger partial charge >= 0.3 is 0 Å². The first-order chi connectivity index (χ1) is 9.63. The average molecular weight is 271 g/mol. The molecule has 7 heteroatoms. The lowest BCUT2D eigenvalue weighted by atomic mass is 10.1. The number of nitrogens with one attached hydrogen (secondary N) is 1. The maximum Gasteiger partial charge on any atom is 0.275 e. The van der Waals surface area contributed by atoms with E-state index in [1.807, 2.05) is 0 Å². The summed E-state index contributed by atoms with van der Waals surface area (Å²) in [5, 5.41) is 14.5. The van der Waals surface area contributed by atoms with Gasteiger partial charge in [0.1, 0.15) is 5.69 Å². The van der Waals surface area contributed by atoms with Crippen LogP contribution in [0.15, 0.2) is 41.9 Å². The standard InChI is InChI=1S/C13H13N5O2/c1-8-3-2-4-9(11(8)12(14)18-20)17-13(19)10-7-15-5-6-16-10/h2-7,20H,1H3,(H2,14,18)(H,17,19). The van der Waals surface area contributed by atoms with E-state index in [4.69, 9.17) is 10.9 Å². The zero-order valence-electron chi connectivity index (χ0n) is 10.7. The lowest BCUT2D eigenvalue weighted by Crippen LogP contribution is -2.21. The summed E-state index contributed by atoms with van der Waals surface area (Å²) in [5.41, 5.74) is 7.49. The second kappa shape index (κ2) is 5.79. The molecule has 0 bridgehead atoms. The fourth-order valence-corrected chi connectivity index (χ4v) is 1.76. The molecule has 1 aromatic carbocycles. The second-order valence-electron chi connectivity index (χ2n) is 4.03. The molecule has 20 heavy (non-hydrogen) atoms. The minimum Gasteiger partial charge on any atom is -0.409 e. The van der Waals surface area contributed by atoms with Crippen molar-refractivity contribution in [3.63, 3.8) is 0 Å². The molecule has 0 spiro atoms. The Bertz CT molecular complexity index is 655. The largest absolute Gasteiger partial charge is 0.409 e. The maximum atomic E-state index is 12.0. The molecule has 0 unspecified atom stereocenters. The van der Waals surface area contributed by atoms with E-state index >= 15 is 0 Å². The molecule has 1 aromatic heterocycles. The number of amidine groups is 1. The second-order valence-corrected chi connectivity index (χ2v) is 4.03. The number of aromatic nitrogens is 2. The van der Waals surface area contributed by atoms with Crippen LogP contribution < -0.4 is 11.1 Å². The van der Waals surface area contributed by atoms with Gasteiger partial charge in [-0.15, -0.1) is 0 Å². The van der Waals surface area contributed by atoms with Crippen molar-refractivity contribution in [2.45, 2.75) is 6.92 Å². The molecular weight excluding hydrogens is 258 g/mol. The summed E-state index contributed by atoms with van der Waals surface area (Å²) in [4.78, 5) is 19.8. The molecule has 2 rings (SSSR count). The van der Waals surface area contributed by atoms with Crippen LogP contribution in [0.2, 0.25) is 0 Å². The highest BCUT2D eigenvalue weighted by Gasteiger charge is 2.14. The topological polar surface area (TPSA) is 113 Å². The molecule has 0 aliphatic heterocycles. The number of oxime groups is 1. The monoisotopic (exact) mass is 271 g/mol. The molecule has 0 radical (unpaired) electrons. The van der Waals surface area contributed by atoms with Crippen LogP contribution >= 0.6 is 0 Å². The summed E-state index contributed by atoms with van der Waals surface area (Å²) in [7, 11) is 0. The molecule has 4 N–H and O–H groups in total. The third-order valence-corrected chi connectivity index (χ3v) is 2.68. The highest BCUT2D eigenvalue weighted by Crippen LogP contribution is 2.19. The van der Waals surface area contributed by atoms with E-state index in [2.05, 4.69) is 20.4 Å². The third-order valence-electron chi connectivity index (χ3n) is 2.68. The summed E-state index contributed by atoms with van der Waals surface area (Å²) in [6.45, 7) is 1.80. The first-order valence-corrected chi connectivity index (χ1v) is 5.78. The van der Waals surface area contributed by atoms with Crippen molar-refractivity contribution in [3.05, 3.63) is 53.6 Å². The predicted molar refractivity (Wildman–Crippen MR) is 73.7 cm³/mol. The first-order valence-electron chi connectivity index (χ1n) is 5.78. The Balaban J connectivity index is 2.35. The van der Waals surface area contributed by atoms with Crippen LogP contribution in [0.5, 0.6) is 0 Å². The van der Waals surface area contributed by atoms with Crippen molar-refractivity contribution in [1.82, 2.24) is 9.97 Å². The smallest absolute Gasteiger partial charge is 0.275 e. The summed E-state index contributed by atoms with van der Waals surface area (Å²) < 4.78 is 0. The Kier molecular flexibility index (Phi) is 3.90. The van der Waals surface area contributed by atoms with Crippen LogP contribution in [0, 0.1) is 6.92 Å². The number of nitrogens with two attached hydrogens (primary N) is 1. The van der Waals surface area contributed by atoms with Gasteiger partial charge in [0.25, 0.3) is 5.91 Å². The normalized spacial score (nSPS) is 11.2. The zero-order chi connectivity index (χ0) is 14.5. The van der Waals surface area contributed by atoms with Crippen LogP contribution in [0.1, 0.15) is 21.6 Å². The quantitative estimate of drug-likeness (QED) is 0.335. The van der Waals surface area contributed by atoms with Gasteiger partial charge in [0, 0.05) is 18.0 Å². The molecule has 0 aliphatic carbocycles. The average Bonchev–Trinajstić information content (AvgIpc) is 2.47. The number of benzene rings is 1. The van der Waals surface area contributed by atoms with E-state index in [1.54, 1.807) is 25.1 Å². The third kappa shape index (κ3) is 2.72. The SMILES string of the molecule is Cc1cccc(NC(=O)c2cnccn2)c1/C(N)=N/O. The number of amides is 1. The molecule has 7 nitrogen and oxygen atoms in total. The Morgan fingerprint density at radius 3 is 2.85 bits per heavy atom. The number of nitrogens with zero attached hydrogens (tertiary/aromatic N) is 3. The van der Waals surface area contributed by atoms with Crippen molar-refractivity contribution in [2.75, 3.05) is 5.32 Å². The van der Waals surface area contributed by atoms with E-state index in [0.717, 1.165) is 5.56 Å². The predicted octanol–water partition coefficient (Wildman–Crippen LogP) is 1.13. The number of carbonyl (C=O) groups is 1. The molecule has 102 valence electrons. The number of rotatable bonds is 3. The number of aryl methyl sites for hydroxylation is 1. The van der Waals surface area contributed by atoms with E-state index in [-0.39, 0.29) is 11.5 Å². The molecular formula is C13H13N5O2. The lowest BCUT2D eigenvalue weighted by Gasteiger charge is -2.12. The van der Waals surface area contributed by atoms with E-state index < -0.39 is 5.91 Å². The summed E-state index contributed by atoms with van der Waals surface area (Å²) >= 11 is 0. The van der Waals surface area contributed by atoms with Gasteiger partial charge in [-0.25, -0.2) is 4.98 Å². The van der Waals surface area contributed by atoms with Crippen molar-refractivity contribution in [1.29, 1.82) is 0 Å². The number of carbonyl (C=O) groups excluding carboxylic acids is 1. The molecule has 1 heterocycles. The first kappa shape index (κ1) is 13.5. The fraction of sp³-hybridized carbons (Fsp3) is 0.0769. The van der Waals surface area contributed by atoms with Crippen molar-refractivity contribution in [3.8, 4) is 0 Å². The summed E-state index contributed by atoms with van der Waals surface area (Å²) in [5.74, 6) is -0.492. The van der Waals surface area contributed by atoms with Crippen LogP contribution in [0.4, 0.5) is 5.69 Å². The Hall–Kier alpha value is -2.96. The van der Waals surface area contributed by atoms with Crippen molar-refractivity contribution >= 4 is 17.4 Å². The lowest BCUT2D eigenvalue weighted by molar-refractivity contribution is 0.102.